The number of carbonyl (C=O) groups excluding carboxylic acids is 1. The van der Waals surface area contributed by atoms with Crippen molar-refractivity contribution in [2.75, 3.05) is 7.11 Å². The number of esters is 1. The number of hydrogen-bond acceptors (Lipinski definition) is 3. The monoisotopic (exact) mass is 228 g/mol. The zero-order valence-electron chi connectivity index (χ0n) is 9.47. The van der Waals surface area contributed by atoms with E-state index in [-0.39, 0.29) is 5.76 Å². The lowest BCUT2D eigenvalue weighted by Crippen LogP contribution is -2.01. The molecule has 1 heterocycles. The van der Waals surface area contributed by atoms with E-state index in [0.717, 1.165) is 11.1 Å². The molecule has 1 aromatic heterocycles. The first-order valence-corrected chi connectivity index (χ1v) is 5.15. The fraction of sp³-hybridized carbons (Fsp3) is 0.0714. The molecule has 0 atom stereocenters. The maximum Gasteiger partial charge on any atom is 0.374 e. The van der Waals surface area contributed by atoms with Gasteiger partial charge in [-0.2, -0.15) is 0 Å². The molecule has 0 bridgehead atoms. The number of hydrogen-bond donors (Lipinski definition) is 0. The van der Waals surface area contributed by atoms with Crippen molar-refractivity contribution in [3.8, 4) is 11.1 Å². The summed E-state index contributed by atoms with van der Waals surface area (Å²) in [7, 11) is 1.33. The lowest BCUT2D eigenvalue weighted by atomic mass is 10.0. The van der Waals surface area contributed by atoms with Gasteiger partial charge in [-0.1, -0.05) is 43.0 Å². The van der Waals surface area contributed by atoms with E-state index in [4.69, 9.17) is 4.42 Å². The van der Waals surface area contributed by atoms with E-state index in [1.165, 1.54) is 13.4 Å². The second-order valence-corrected chi connectivity index (χ2v) is 3.46. The minimum atomic E-state index is -0.489. The van der Waals surface area contributed by atoms with Gasteiger partial charge in [0.2, 0.25) is 5.76 Å². The third-order valence-corrected chi connectivity index (χ3v) is 2.47. The molecular weight excluding hydrogens is 216 g/mol. The smallest absolute Gasteiger partial charge is 0.374 e. The Kier molecular flexibility index (Phi) is 3.10. The van der Waals surface area contributed by atoms with Crippen molar-refractivity contribution in [2.24, 2.45) is 0 Å². The van der Waals surface area contributed by atoms with Crippen LogP contribution in [0, 0.1) is 0 Å². The molecule has 1 aromatic carbocycles. The fourth-order valence-electron chi connectivity index (χ4n) is 1.67. The topological polar surface area (TPSA) is 39.4 Å². The molecule has 3 heteroatoms. The van der Waals surface area contributed by atoms with E-state index < -0.39 is 5.97 Å². The van der Waals surface area contributed by atoms with Gasteiger partial charge in [-0.25, -0.2) is 4.79 Å². The van der Waals surface area contributed by atoms with Crippen molar-refractivity contribution >= 4 is 12.0 Å². The summed E-state index contributed by atoms with van der Waals surface area (Å²) in [6.07, 6.45) is 3.15. The Labute approximate surface area is 99.3 Å². The predicted octanol–water partition coefficient (Wildman–Crippen LogP) is 3.38. The molecule has 0 aliphatic heterocycles. The zero-order chi connectivity index (χ0) is 12.3. The number of ether oxygens (including phenoxy) is 1. The standard InChI is InChI=1S/C14H12O3/c1-3-10-9-17-13(14(15)16-2)12(10)11-7-5-4-6-8-11/h3-9H,1H2,2H3. The number of furan rings is 1. The van der Waals surface area contributed by atoms with E-state index >= 15 is 0 Å². The third kappa shape index (κ3) is 1.99. The molecule has 2 aromatic rings. The highest BCUT2D eigenvalue weighted by Crippen LogP contribution is 2.30. The van der Waals surface area contributed by atoms with Crippen LogP contribution in [-0.4, -0.2) is 13.1 Å². The Balaban J connectivity index is 2.61. The summed E-state index contributed by atoms with van der Waals surface area (Å²) in [6.45, 7) is 3.70. The summed E-state index contributed by atoms with van der Waals surface area (Å²) < 4.78 is 9.94. The van der Waals surface area contributed by atoms with E-state index in [9.17, 15) is 4.79 Å². The van der Waals surface area contributed by atoms with E-state index in [2.05, 4.69) is 11.3 Å². The van der Waals surface area contributed by atoms with Crippen LogP contribution in [-0.2, 0) is 4.74 Å². The lowest BCUT2D eigenvalue weighted by molar-refractivity contribution is 0.0566. The largest absolute Gasteiger partial charge is 0.463 e. The lowest BCUT2D eigenvalue weighted by Gasteiger charge is -2.02. The number of rotatable bonds is 3. The van der Waals surface area contributed by atoms with Gasteiger partial charge in [-0.15, -0.1) is 0 Å². The third-order valence-electron chi connectivity index (χ3n) is 2.47. The van der Waals surface area contributed by atoms with Crippen molar-refractivity contribution in [1.29, 1.82) is 0 Å². The molecule has 3 nitrogen and oxygen atoms in total. The van der Waals surface area contributed by atoms with Crippen molar-refractivity contribution in [3.63, 3.8) is 0 Å². The molecular formula is C14H12O3. The molecule has 17 heavy (non-hydrogen) atoms. The average Bonchev–Trinajstić information content (AvgIpc) is 2.82. The summed E-state index contributed by atoms with van der Waals surface area (Å²) in [4.78, 5) is 11.6. The van der Waals surface area contributed by atoms with Crippen molar-refractivity contribution in [3.05, 3.63) is 54.5 Å². The molecule has 0 fully saturated rings. The van der Waals surface area contributed by atoms with Crippen molar-refractivity contribution in [1.82, 2.24) is 0 Å². The van der Waals surface area contributed by atoms with Crippen LogP contribution in [0.3, 0.4) is 0 Å². The summed E-state index contributed by atoms with van der Waals surface area (Å²) in [5.41, 5.74) is 2.39. The van der Waals surface area contributed by atoms with Gasteiger partial charge in [0.1, 0.15) is 0 Å². The molecule has 0 radical (unpaired) electrons. The number of carbonyl (C=O) groups is 1. The first kappa shape index (κ1) is 11.2. The predicted molar refractivity (Wildman–Crippen MR) is 65.6 cm³/mol. The average molecular weight is 228 g/mol. The molecule has 0 amide bonds. The zero-order valence-corrected chi connectivity index (χ0v) is 9.47. The highest BCUT2D eigenvalue weighted by atomic mass is 16.5. The first-order chi connectivity index (χ1) is 8.27. The van der Waals surface area contributed by atoms with Gasteiger partial charge in [-0.3, -0.25) is 0 Å². The number of benzene rings is 1. The van der Waals surface area contributed by atoms with Crippen LogP contribution in [0.25, 0.3) is 17.2 Å². The van der Waals surface area contributed by atoms with Crippen LogP contribution in [0.4, 0.5) is 0 Å². The number of methoxy groups -OCH3 is 1. The van der Waals surface area contributed by atoms with Gasteiger partial charge in [0.25, 0.3) is 0 Å². The van der Waals surface area contributed by atoms with Gasteiger partial charge < -0.3 is 9.15 Å². The van der Waals surface area contributed by atoms with Crippen LogP contribution >= 0.6 is 0 Å². The highest BCUT2D eigenvalue weighted by Gasteiger charge is 2.20. The Morgan fingerprint density at radius 3 is 2.65 bits per heavy atom. The molecule has 0 N–H and O–H groups in total. The second-order valence-electron chi connectivity index (χ2n) is 3.46. The highest BCUT2D eigenvalue weighted by molar-refractivity contribution is 5.97. The summed E-state index contributed by atoms with van der Waals surface area (Å²) in [6, 6.07) is 9.52. The molecule has 0 saturated heterocycles. The minimum Gasteiger partial charge on any atom is -0.463 e. The van der Waals surface area contributed by atoms with Crippen LogP contribution in [0.15, 0.2) is 47.6 Å². The Morgan fingerprint density at radius 2 is 2.06 bits per heavy atom. The van der Waals surface area contributed by atoms with E-state index in [0.29, 0.717) is 5.56 Å². The molecule has 86 valence electrons. The minimum absolute atomic E-state index is 0.202. The summed E-state index contributed by atoms with van der Waals surface area (Å²) in [5, 5.41) is 0. The molecule has 2 rings (SSSR count). The van der Waals surface area contributed by atoms with E-state index in [1.807, 2.05) is 30.3 Å². The van der Waals surface area contributed by atoms with Gasteiger partial charge in [0.15, 0.2) is 0 Å². The van der Waals surface area contributed by atoms with E-state index in [1.54, 1.807) is 6.08 Å². The van der Waals surface area contributed by atoms with Gasteiger partial charge in [0, 0.05) is 11.1 Å². The Hall–Kier alpha value is -2.29. The van der Waals surface area contributed by atoms with Crippen molar-refractivity contribution < 1.29 is 13.9 Å². The molecule has 0 spiro atoms. The molecule has 0 aliphatic rings. The maximum absolute atomic E-state index is 11.6. The SMILES string of the molecule is C=Cc1coc(C(=O)OC)c1-c1ccccc1. The Morgan fingerprint density at radius 1 is 1.35 bits per heavy atom. The summed E-state index contributed by atoms with van der Waals surface area (Å²) >= 11 is 0. The van der Waals surface area contributed by atoms with Gasteiger partial charge in [0.05, 0.1) is 13.4 Å². The van der Waals surface area contributed by atoms with Crippen LogP contribution in [0.1, 0.15) is 16.1 Å². The molecule has 0 unspecified atom stereocenters. The van der Waals surface area contributed by atoms with Crippen LogP contribution in [0.2, 0.25) is 0 Å². The van der Waals surface area contributed by atoms with Crippen molar-refractivity contribution in [2.45, 2.75) is 0 Å². The first-order valence-electron chi connectivity index (χ1n) is 5.15. The van der Waals surface area contributed by atoms with Gasteiger partial charge in [-0.05, 0) is 5.56 Å². The Bertz CT molecular complexity index is 538. The van der Waals surface area contributed by atoms with Gasteiger partial charge >= 0.3 is 5.97 Å². The summed E-state index contributed by atoms with van der Waals surface area (Å²) in [5.74, 6) is -0.287. The second kappa shape index (κ2) is 4.70. The van der Waals surface area contributed by atoms with Crippen LogP contribution in [0.5, 0.6) is 0 Å². The maximum atomic E-state index is 11.6. The van der Waals surface area contributed by atoms with Crippen LogP contribution < -0.4 is 0 Å². The quantitative estimate of drug-likeness (QED) is 0.756. The fourth-order valence-corrected chi connectivity index (χ4v) is 1.67. The molecule has 0 aliphatic carbocycles. The normalized spacial score (nSPS) is 9.94. The molecule has 0 saturated carbocycles.